The molecule has 2 heterocycles. The van der Waals surface area contributed by atoms with Crippen molar-refractivity contribution in [3.05, 3.63) is 116 Å². The van der Waals surface area contributed by atoms with Crippen LogP contribution in [0, 0.1) is 34.5 Å². The van der Waals surface area contributed by atoms with E-state index in [4.69, 9.17) is 53.8 Å². The minimum absolute atomic E-state index is 0.0223. The van der Waals surface area contributed by atoms with E-state index in [-0.39, 0.29) is 70.1 Å². The van der Waals surface area contributed by atoms with Crippen LogP contribution in [0.1, 0.15) is 61.8 Å². The molecule has 0 aromatic heterocycles. The number of ether oxygens (including phenoxy) is 4. The van der Waals surface area contributed by atoms with Gasteiger partial charge in [-0.1, -0.05) is 88.9 Å². The lowest BCUT2D eigenvalue weighted by Crippen LogP contribution is -2.66. The molecule has 2 fully saturated rings. The number of hydrogen-bond acceptors (Lipinski definition) is 10. The number of alkyl halides is 3. The molecule has 1 aliphatic carbocycles. The van der Waals surface area contributed by atoms with Gasteiger partial charge in [0.15, 0.2) is 23.0 Å². The molecule has 3 amide bonds. The maximum absolute atomic E-state index is 15.3. The number of carbonyl (C=O) groups excluding carboxylic acids is 3. The molecule has 3 aromatic rings. The SMILES string of the molecule is Cc1ccc(CCN(C(=O)C2=C(c3ccc(CCCOc4c(F)ccc(F)c4F)cc3)CC3CN(C(=O)OCCOCCO[N+](=O)[O-])CC2N3C(=O)OC(C)(C)C(Cl)(Cl)Cl)C2CC2)cc1. The molecule has 20 heteroatoms. The predicted octanol–water partition coefficient (Wildman–Crippen LogP) is 8.82. The number of aryl methyl sites for hydroxylation is 2. The van der Waals surface area contributed by atoms with Crippen molar-refractivity contribution in [2.75, 3.05) is 52.7 Å². The number of piperazine rings is 1. The highest BCUT2D eigenvalue weighted by atomic mass is 35.6. The largest absolute Gasteiger partial charge is 0.488 e. The molecule has 2 aliphatic heterocycles. The summed E-state index contributed by atoms with van der Waals surface area (Å²) in [5, 5.41) is 9.48. The second kappa shape index (κ2) is 21.6. The molecule has 2 atom stereocenters. The Morgan fingerprint density at radius 2 is 1.49 bits per heavy atom. The molecule has 2 bridgehead atoms. The van der Waals surface area contributed by atoms with E-state index in [0.717, 1.165) is 35.6 Å². The Labute approximate surface area is 389 Å². The molecule has 2 unspecified atom stereocenters. The van der Waals surface area contributed by atoms with Crippen molar-refractivity contribution >= 4 is 58.5 Å². The summed E-state index contributed by atoms with van der Waals surface area (Å²) in [5.74, 6) is -4.71. The van der Waals surface area contributed by atoms with Gasteiger partial charge in [-0.05, 0) is 93.7 Å². The summed E-state index contributed by atoms with van der Waals surface area (Å²) in [7, 11) is 0. The van der Waals surface area contributed by atoms with Crippen molar-refractivity contribution in [1.82, 2.24) is 14.7 Å². The maximum atomic E-state index is 15.3. The number of benzene rings is 3. The van der Waals surface area contributed by atoms with Crippen molar-refractivity contribution in [3.8, 4) is 5.75 Å². The van der Waals surface area contributed by atoms with Crippen LogP contribution in [-0.4, -0.2) is 118 Å². The highest BCUT2D eigenvalue weighted by Crippen LogP contribution is 2.44. The van der Waals surface area contributed by atoms with Gasteiger partial charge in [0.25, 0.3) is 11.0 Å². The molecule has 65 heavy (non-hydrogen) atoms. The zero-order valence-electron chi connectivity index (χ0n) is 36.0. The van der Waals surface area contributed by atoms with Gasteiger partial charge in [0.05, 0.1) is 31.9 Å². The maximum Gasteiger partial charge on any atom is 0.411 e. The van der Waals surface area contributed by atoms with E-state index < -0.39 is 62.0 Å². The van der Waals surface area contributed by atoms with Gasteiger partial charge in [0, 0.05) is 31.2 Å². The fourth-order valence-corrected chi connectivity index (χ4v) is 7.83. The summed E-state index contributed by atoms with van der Waals surface area (Å²) in [6.45, 7) is 4.33. The Hall–Kier alpha value is -4.97. The van der Waals surface area contributed by atoms with Crippen molar-refractivity contribution in [2.24, 2.45) is 0 Å². The molecule has 0 N–H and O–H groups in total. The summed E-state index contributed by atoms with van der Waals surface area (Å²) in [6, 6.07) is 15.1. The van der Waals surface area contributed by atoms with E-state index >= 15 is 4.79 Å². The fraction of sp³-hybridized carbons (Fsp3) is 0.489. The molecule has 1 saturated carbocycles. The van der Waals surface area contributed by atoms with E-state index in [2.05, 4.69) is 4.84 Å². The Bertz CT molecular complexity index is 2230. The van der Waals surface area contributed by atoms with Crippen LogP contribution in [0.25, 0.3) is 5.57 Å². The molecule has 14 nitrogen and oxygen atoms in total. The van der Waals surface area contributed by atoms with Crippen LogP contribution in [0.2, 0.25) is 0 Å². The summed E-state index contributed by atoms with van der Waals surface area (Å²) in [4.78, 5) is 62.7. The normalized spacial score (nSPS) is 17.4. The van der Waals surface area contributed by atoms with E-state index in [1.807, 2.05) is 60.4 Å². The first-order chi connectivity index (χ1) is 30.8. The number of hydrogen-bond donors (Lipinski definition) is 0. The van der Waals surface area contributed by atoms with Crippen LogP contribution in [0.5, 0.6) is 5.75 Å². The topological polar surface area (TPSA) is 150 Å². The van der Waals surface area contributed by atoms with Gasteiger partial charge < -0.3 is 33.6 Å². The zero-order valence-corrected chi connectivity index (χ0v) is 38.3. The summed E-state index contributed by atoms with van der Waals surface area (Å²) >= 11 is 18.8. The molecular weight excluding hydrogens is 920 g/mol. The van der Waals surface area contributed by atoms with Crippen molar-refractivity contribution in [1.29, 1.82) is 0 Å². The molecule has 352 valence electrons. The lowest BCUT2D eigenvalue weighted by atomic mass is 9.81. The number of carbonyl (C=O) groups is 3. The van der Waals surface area contributed by atoms with Gasteiger partial charge in [-0.15, -0.1) is 10.1 Å². The number of amides is 3. The highest BCUT2D eigenvalue weighted by molar-refractivity contribution is 6.68. The third kappa shape index (κ3) is 12.7. The van der Waals surface area contributed by atoms with Gasteiger partial charge in [-0.2, -0.15) is 4.39 Å². The minimum atomic E-state index is -2.03. The van der Waals surface area contributed by atoms with Gasteiger partial charge in [-0.25, -0.2) is 18.4 Å². The first-order valence-corrected chi connectivity index (χ1v) is 22.3. The Morgan fingerprint density at radius 1 is 0.846 bits per heavy atom. The van der Waals surface area contributed by atoms with Crippen LogP contribution >= 0.6 is 34.8 Å². The van der Waals surface area contributed by atoms with Crippen molar-refractivity contribution < 1.29 is 56.4 Å². The van der Waals surface area contributed by atoms with E-state index in [0.29, 0.717) is 43.0 Å². The Balaban J connectivity index is 1.30. The van der Waals surface area contributed by atoms with Crippen LogP contribution in [0.3, 0.4) is 0 Å². The monoisotopic (exact) mass is 968 g/mol. The number of nitrogens with zero attached hydrogens (tertiary/aromatic N) is 4. The number of fused-ring (bicyclic) bond motifs is 2. The number of rotatable bonds is 19. The van der Waals surface area contributed by atoms with E-state index in [9.17, 15) is 32.9 Å². The quantitative estimate of drug-likeness (QED) is 0.0375. The fourth-order valence-electron chi connectivity index (χ4n) is 7.72. The lowest BCUT2D eigenvalue weighted by Gasteiger charge is -2.51. The smallest absolute Gasteiger partial charge is 0.411 e. The van der Waals surface area contributed by atoms with Crippen molar-refractivity contribution in [3.63, 3.8) is 0 Å². The molecule has 0 radical (unpaired) electrons. The molecule has 1 saturated heterocycles. The third-order valence-corrected chi connectivity index (χ3v) is 12.8. The van der Waals surface area contributed by atoms with Crippen molar-refractivity contribution in [2.45, 2.75) is 86.8 Å². The summed E-state index contributed by atoms with van der Waals surface area (Å²) in [6.07, 6.45) is 1.45. The predicted molar refractivity (Wildman–Crippen MR) is 235 cm³/mol. The summed E-state index contributed by atoms with van der Waals surface area (Å²) in [5.41, 5.74) is 3.03. The second-order valence-corrected chi connectivity index (χ2v) is 18.8. The van der Waals surface area contributed by atoms with E-state index in [1.165, 1.54) is 23.6 Å². The summed E-state index contributed by atoms with van der Waals surface area (Å²) < 4.78 is 61.8. The zero-order chi connectivity index (χ0) is 47.1. The molecule has 0 spiro atoms. The molecule has 3 aliphatic rings. The van der Waals surface area contributed by atoms with Gasteiger partial charge in [0.2, 0.25) is 9.61 Å². The Kier molecular flexibility index (Phi) is 16.4. The van der Waals surface area contributed by atoms with Crippen LogP contribution in [0.4, 0.5) is 22.8 Å². The first-order valence-electron chi connectivity index (χ1n) is 21.1. The van der Waals surface area contributed by atoms with Crippen LogP contribution < -0.4 is 4.74 Å². The van der Waals surface area contributed by atoms with E-state index in [1.54, 1.807) is 0 Å². The van der Waals surface area contributed by atoms with Gasteiger partial charge in [0.1, 0.15) is 13.2 Å². The average molecular weight is 970 g/mol. The molecule has 3 aromatic carbocycles. The Morgan fingerprint density at radius 3 is 2.15 bits per heavy atom. The minimum Gasteiger partial charge on any atom is -0.488 e. The molecule has 6 rings (SSSR count). The highest BCUT2D eigenvalue weighted by Gasteiger charge is 2.52. The van der Waals surface area contributed by atoms with Gasteiger partial charge >= 0.3 is 12.2 Å². The standard InChI is InChI=1S/C45H50Cl3F3N4O10/c1-28-6-8-30(9-7-28)18-19-53(32-14-15-32)41(56)38-34(31-12-10-29(11-13-31)5-4-20-62-40-36(50)17-16-35(49)39(40)51)25-33-26-52(42(57)63-23-21-61-22-24-64-55(59)60)27-37(38)54(33)43(58)65-44(2,3)45(46,47)48/h6-13,16-17,32-33,37H,4-5,14-15,18-27H2,1-3H3. The van der Waals surface area contributed by atoms with Crippen LogP contribution in [0.15, 0.2) is 66.2 Å². The van der Waals surface area contributed by atoms with Gasteiger partial charge in [-0.3, -0.25) is 9.69 Å². The first kappa shape index (κ1) is 49.5. The van der Waals surface area contributed by atoms with Crippen LogP contribution in [-0.2, 0) is 36.7 Å². The number of halogens is 6. The second-order valence-electron chi connectivity index (χ2n) is 16.5. The lowest BCUT2D eigenvalue weighted by molar-refractivity contribution is -0.758. The average Bonchev–Trinajstić information content (AvgIpc) is 4.09. The molecular formula is C45H50Cl3F3N4O10. The third-order valence-electron chi connectivity index (χ3n) is 11.4.